The largest absolute Gasteiger partial charge is 0.497 e. The Bertz CT molecular complexity index is 502. The maximum Gasteiger partial charge on any atom is 0.254 e. The SMILES string of the molecule is COc1ccc(C(=O)N(C)Cc2ccco2)cc1. The lowest BCUT2D eigenvalue weighted by Crippen LogP contribution is -2.25. The molecule has 0 aliphatic heterocycles. The fourth-order valence-corrected chi connectivity index (χ4v) is 1.66. The molecule has 94 valence electrons. The van der Waals surface area contributed by atoms with Gasteiger partial charge in [0.15, 0.2) is 0 Å². The van der Waals surface area contributed by atoms with Gasteiger partial charge in [0.05, 0.1) is 19.9 Å². The van der Waals surface area contributed by atoms with E-state index in [1.807, 2.05) is 6.07 Å². The number of benzene rings is 1. The summed E-state index contributed by atoms with van der Waals surface area (Å²) in [6, 6.07) is 10.7. The van der Waals surface area contributed by atoms with Gasteiger partial charge in [-0.05, 0) is 36.4 Å². The number of nitrogens with zero attached hydrogens (tertiary/aromatic N) is 1. The van der Waals surface area contributed by atoms with Crippen LogP contribution in [0.1, 0.15) is 16.1 Å². The van der Waals surface area contributed by atoms with Crippen LogP contribution in [0.25, 0.3) is 0 Å². The van der Waals surface area contributed by atoms with Crippen LogP contribution in [-0.2, 0) is 6.54 Å². The summed E-state index contributed by atoms with van der Waals surface area (Å²) in [5.41, 5.74) is 0.629. The minimum absolute atomic E-state index is 0.0472. The van der Waals surface area contributed by atoms with E-state index >= 15 is 0 Å². The van der Waals surface area contributed by atoms with Crippen molar-refractivity contribution in [3.63, 3.8) is 0 Å². The van der Waals surface area contributed by atoms with Gasteiger partial charge in [-0.25, -0.2) is 0 Å². The number of rotatable bonds is 4. The molecule has 0 N–H and O–H groups in total. The monoisotopic (exact) mass is 245 g/mol. The quantitative estimate of drug-likeness (QED) is 0.831. The number of hydrogen-bond donors (Lipinski definition) is 0. The summed E-state index contributed by atoms with van der Waals surface area (Å²) in [4.78, 5) is 13.7. The van der Waals surface area contributed by atoms with E-state index in [2.05, 4.69) is 0 Å². The van der Waals surface area contributed by atoms with E-state index in [-0.39, 0.29) is 5.91 Å². The van der Waals surface area contributed by atoms with Crippen LogP contribution in [0.15, 0.2) is 47.1 Å². The Morgan fingerprint density at radius 3 is 2.56 bits per heavy atom. The number of amides is 1. The Balaban J connectivity index is 2.05. The Labute approximate surface area is 106 Å². The second-order valence-corrected chi connectivity index (χ2v) is 3.97. The minimum atomic E-state index is -0.0472. The van der Waals surface area contributed by atoms with Gasteiger partial charge in [-0.1, -0.05) is 0 Å². The summed E-state index contributed by atoms with van der Waals surface area (Å²) in [5.74, 6) is 1.45. The molecule has 0 aliphatic rings. The Morgan fingerprint density at radius 2 is 2.00 bits per heavy atom. The second kappa shape index (κ2) is 5.40. The number of carbonyl (C=O) groups excluding carboxylic acids is 1. The van der Waals surface area contributed by atoms with Gasteiger partial charge in [0.25, 0.3) is 5.91 Å². The molecule has 0 unspecified atom stereocenters. The van der Waals surface area contributed by atoms with E-state index in [0.717, 1.165) is 11.5 Å². The van der Waals surface area contributed by atoms with Crippen LogP contribution in [0.2, 0.25) is 0 Å². The first-order chi connectivity index (χ1) is 8.70. The van der Waals surface area contributed by atoms with Crippen molar-refractivity contribution in [1.82, 2.24) is 4.90 Å². The van der Waals surface area contributed by atoms with E-state index in [0.29, 0.717) is 12.1 Å². The zero-order valence-corrected chi connectivity index (χ0v) is 10.4. The molecule has 0 spiro atoms. The van der Waals surface area contributed by atoms with Crippen LogP contribution in [0, 0.1) is 0 Å². The molecule has 2 aromatic rings. The van der Waals surface area contributed by atoms with Gasteiger partial charge in [-0.3, -0.25) is 4.79 Å². The lowest BCUT2D eigenvalue weighted by atomic mass is 10.2. The molecular weight excluding hydrogens is 230 g/mol. The third-order valence-electron chi connectivity index (χ3n) is 2.66. The standard InChI is InChI=1S/C14H15NO3/c1-15(10-13-4-3-9-18-13)14(16)11-5-7-12(17-2)8-6-11/h3-9H,10H2,1-2H3. The number of hydrogen-bond acceptors (Lipinski definition) is 3. The molecule has 4 nitrogen and oxygen atoms in total. The summed E-state index contributed by atoms with van der Waals surface area (Å²) in [7, 11) is 3.34. The van der Waals surface area contributed by atoms with E-state index in [1.165, 1.54) is 0 Å². The molecule has 2 rings (SSSR count). The average Bonchev–Trinajstić information content (AvgIpc) is 2.91. The molecule has 0 fully saturated rings. The highest BCUT2D eigenvalue weighted by atomic mass is 16.5. The van der Waals surface area contributed by atoms with E-state index in [1.54, 1.807) is 55.7 Å². The summed E-state index contributed by atoms with van der Waals surface area (Å²) in [5, 5.41) is 0. The maximum absolute atomic E-state index is 12.1. The van der Waals surface area contributed by atoms with Gasteiger partial charge in [0, 0.05) is 12.6 Å². The molecule has 1 amide bonds. The average molecular weight is 245 g/mol. The fourth-order valence-electron chi connectivity index (χ4n) is 1.66. The van der Waals surface area contributed by atoms with E-state index < -0.39 is 0 Å². The summed E-state index contributed by atoms with van der Waals surface area (Å²) < 4.78 is 10.3. The van der Waals surface area contributed by atoms with Crippen molar-refractivity contribution in [2.24, 2.45) is 0 Å². The van der Waals surface area contributed by atoms with Crippen molar-refractivity contribution in [2.75, 3.05) is 14.2 Å². The maximum atomic E-state index is 12.1. The van der Waals surface area contributed by atoms with Crippen LogP contribution >= 0.6 is 0 Å². The molecule has 1 aromatic carbocycles. The zero-order valence-electron chi connectivity index (χ0n) is 10.4. The molecule has 1 aromatic heterocycles. The minimum Gasteiger partial charge on any atom is -0.497 e. The number of furan rings is 1. The van der Waals surface area contributed by atoms with Crippen LogP contribution in [0.4, 0.5) is 0 Å². The number of methoxy groups -OCH3 is 1. The number of carbonyl (C=O) groups is 1. The van der Waals surface area contributed by atoms with E-state index in [4.69, 9.17) is 9.15 Å². The van der Waals surface area contributed by atoms with Crippen molar-refractivity contribution < 1.29 is 13.9 Å². The number of ether oxygens (including phenoxy) is 1. The lowest BCUT2D eigenvalue weighted by molar-refractivity contribution is 0.0775. The molecule has 0 saturated heterocycles. The Morgan fingerprint density at radius 1 is 1.28 bits per heavy atom. The normalized spacial score (nSPS) is 10.1. The zero-order chi connectivity index (χ0) is 13.0. The van der Waals surface area contributed by atoms with Crippen LogP contribution < -0.4 is 4.74 Å². The van der Waals surface area contributed by atoms with Gasteiger partial charge in [0.2, 0.25) is 0 Å². The van der Waals surface area contributed by atoms with Gasteiger partial charge < -0.3 is 14.1 Å². The van der Waals surface area contributed by atoms with Gasteiger partial charge in [-0.2, -0.15) is 0 Å². The second-order valence-electron chi connectivity index (χ2n) is 3.97. The smallest absolute Gasteiger partial charge is 0.254 e. The Hall–Kier alpha value is -2.23. The third kappa shape index (κ3) is 2.71. The van der Waals surface area contributed by atoms with Crippen molar-refractivity contribution >= 4 is 5.91 Å². The van der Waals surface area contributed by atoms with Crippen LogP contribution in [-0.4, -0.2) is 25.0 Å². The molecule has 0 atom stereocenters. The molecule has 0 bridgehead atoms. The van der Waals surface area contributed by atoms with Crippen molar-refractivity contribution in [3.8, 4) is 5.75 Å². The molecule has 4 heteroatoms. The molecular formula is C14H15NO3. The molecule has 0 aliphatic carbocycles. The molecule has 0 saturated carbocycles. The first kappa shape index (κ1) is 12.2. The van der Waals surface area contributed by atoms with Crippen LogP contribution in [0.3, 0.4) is 0 Å². The highest BCUT2D eigenvalue weighted by molar-refractivity contribution is 5.94. The first-order valence-corrected chi connectivity index (χ1v) is 5.62. The van der Waals surface area contributed by atoms with Crippen LogP contribution in [0.5, 0.6) is 5.75 Å². The Kier molecular flexibility index (Phi) is 3.67. The fraction of sp³-hybridized carbons (Fsp3) is 0.214. The van der Waals surface area contributed by atoms with Gasteiger partial charge in [0.1, 0.15) is 11.5 Å². The van der Waals surface area contributed by atoms with Crippen molar-refractivity contribution in [3.05, 3.63) is 54.0 Å². The summed E-state index contributed by atoms with van der Waals surface area (Å²) >= 11 is 0. The van der Waals surface area contributed by atoms with Gasteiger partial charge >= 0.3 is 0 Å². The van der Waals surface area contributed by atoms with Crippen molar-refractivity contribution in [1.29, 1.82) is 0 Å². The first-order valence-electron chi connectivity index (χ1n) is 5.62. The molecule has 1 heterocycles. The topological polar surface area (TPSA) is 42.7 Å². The third-order valence-corrected chi connectivity index (χ3v) is 2.66. The highest BCUT2D eigenvalue weighted by Crippen LogP contribution is 2.14. The highest BCUT2D eigenvalue weighted by Gasteiger charge is 2.12. The van der Waals surface area contributed by atoms with Crippen molar-refractivity contribution in [2.45, 2.75) is 6.54 Å². The lowest BCUT2D eigenvalue weighted by Gasteiger charge is -2.15. The predicted molar refractivity (Wildman–Crippen MR) is 67.5 cm³/mol. The van der Waals surface area contributed by atoms with E-state index in [9.17, 15) is 4.79 Å². The molecule has 18 heavy (non-hydrogen) atoms. The molecule has 0 radical (unpaired) electrons. The predicted octanol–water partition coefficient (Wildman–Crippen LogP) is 2.56. The summed E-state index contributed by atoms with van der Waals surface area (Å²) in [6.07, 6.45) is 1.60. The van der Waals surface area contributed by atoms with Gasteiger partial charge in [-0.15, -0.1) is 0 Å². The summed E-state index contributed by atoms with van der Waals surface area (Å²) in [6.45, 7) is 0.456.